The summed E-state index contributed by atoms with van der Waals surface area (Å²) < 4.78 is 16.7. The monoisotopic (exact) mass is 775 g/mol. The molecule has 0 saturated carbocycles. The van der Waals surface area contributed by atoms with Crippen molar-refractivity contribution in [2.24, 2.45) is 0 Å². The van der Waals surface area contributed by atoms with Crippen molar-refractivity contribution in [3.05, 3.63) is 24.3 Å². The van der Waals surface area contributed by atoms with Crippen molar-refractivity contribution < 1.29 is 28.6 Å². The van der Waals surface area contributed by atoms with E-state index in [-0.39, 0.29) is 31.1 Å². The molecule has 0 aliphatic carbocycles. The molecular weight excluding hydrogens is 685 g/mol. The average Bonchev–Trinajstić information content (AvgIpc) is 3.18. The SMILES string of the molecule is CCCC/C=C\CCCCCCC(=O)OC(COC(=O)CCCCCCC/C=C\CCCCCCCCCCC)COC(=O)CCCCCCCCCCC. The molecule has 0 spiro atoms. The Labute approximate surface area is 341 Å². The highest BCUT2D eigenvalue weighted by atomic mass is 16.6. The summed E-state index contributed by atoms with van der Waals surface area (Å²) in [4.78, 5) is 37.7. The van der Waals surface area contributed by atoms with E-state index in [9.17, 15) is 14.4 Å². The summed E-state index contributed by atoms with van der Waals surface area (Å²) in [6, 6.07) is 0. The standard InChI is InChI=1S/C49H90O6/c1-4-7-10-13-16-19-21-22-23-24-25-26-27-28-31-33-36-39-42-48(51)54-45-46(44-53-47(50)41-38-35-32-29-18-15-12-9-6-3)55-49(52)43-40-37-34-30-20-17-14-11-8-5-2/h14,17,25-26,46H,4-13,15-16,18-24,27-45H2,1-3H3/b17-14-,26-25-. The van der Waals surface area contributed by atoms with Gasteiger partial charge in [-0.25, -0.2) is 0 Å². The molecule has 0 radical (unpaired) electrons. The number of esters is 3. The van der Waals surface area contributed by atoms with Crippen molar-refractivity contribution in [3.8, 4) is 0 Å². The normalized spacial score (nSPS) is 12.1. The maximum Gasteiger partial charge on any atom is 0.306 e. The molecular formula is C49H90O6. The van der Waals surface area contributed by atoms with Crippen molar-refractivity contribution in [2.75, 3.05) is 13.2 Å². The first kappa shape index (κ1) is 52.9. The van der Waals surface area contributed by atoms with Gasteiger partial charge in [0, 0.05) is 19.3 Å². The van der Waals surface area contributed by atoms with Gasteiger partial charge in [-0.1, -0.05) is 193 Å². The Morgan fingerprint density at radius 3 is 0.964 bits per heavy atom. The molecule has 6 nitrogen and oxygen atoms in total. The molecule has 322 valence electrons. The molecule has 0 fully saturated rings. The van der Waals surface area contributed by atoms with Crippen molar-refractivity contribution in [1.29, 1.82) is 0 Å². The third-order valence-electron chi connectivity index (χ3n) is 10.4. The molecule has 0 heterocycles. The Morgan fingerprint density at radius 1 is 0.345 bits per heavy atom. The summed E-state index contributed by atoms with van der Waals surface area (Å²) in [5.41, 5.74) is 0. The third-order valence-corrected chi connectivity index (χ3v) is 10.4. The molecule has 0 aromatic rings. The second-order valence-corrected chi connectivity index (χ2v) is 16.0. The molecule has 1 atom stereocenters. The first-order chi connectivity index (χ1) is 27.0. The minimum absolute atomic E-state index is 0.0761. The number of hydrogen-bond acceptors (Lipinski definition) is 6. The van der Waals surface area contributed by atoms with Crippen LogP contribution in [0.1, 0.15) is 252 Å². The van der Waals surface area contributed by atoms with E-state index in [4.69, 9.17) is 14.2 Å². The number of ether oxygens (including phenoxy) is 3. The van der Waals surface area contributed by atoms with E-state index in [1.54, 1.807) is 0 Å². The summed E-state index contributed by atoms with van der Waals surface area (Å²) in [5, 5.41) is 0. The Kier molecular flexibility index (Phi) is 42.9. The van der Waals surface area contributed by atoms with Gasteiger partial charge in [0.2, 0.25) is 0 Å². The second-order valence-electron chi connectivity index (χ2n) is 16.0. The Morgan fingerprint density at radius 2 is 0.618 bits per heavy atom. The van der Waals surface area contributed by atoms with E-state index >= 15 is 0 Å². The zero-order valence-electron chi connectivity index (χ0n) is 36.7. The molecule has 0 aliphatic rings. The van der Waals surface area contributed by atoms with Gasteiger partial charge in [0.05, 0.1) is 0 Å². The molecule has 0 aliphatic heterocycles. The van der Waals surface area contributed by atoms with E-state index in [2.05, 4.69) is 45.1 Å². The average molecular weight is 775 g/mol. The van der Waals surface area contributed by atoms with E-state index in [1.165, 1.54) is 128 Å². The Balaban J connectivity index is 4.27. The second kappa shape index (κ2) is 44.6. The van der Waals surface area contributed by atoms with Crippen LogP contribution in [0.3, 0.4) is 0 Å². The van der Waals surface area contributed by atoms with Crippen LogP contribution in [-0.2, 0) is 28.6 Å². The fourth-order valence-corrected chi connectivity index (χ4v) is 6.77. The summed E-state index contributed by atoms with van der Waals surface area (Å²) >= 11 is 0. The predicted molar refractivity (Wildman–Crippen MR) is 233 cm³/mol. The van der Waals surface area contributed by atoms with Gasteiger partial charge in [-0.2, -0.15) is 0 Å². The predicted octanol–water partition coefficient (Wildman–Crippen LogP) is 15.2. The van der Waals surface area contributed by atoms with Crippen LogP contribution in [0.2, 0.25) is 0 Å². The van der Waals surface area contributed by atoms with Gasteiger partial charge >= 0.3 is 17.9 Å². The van der Waals surface area contributed by atoms with Gasteiger partial charge in [0.15, 0.2) is 6.10 Å². The fraction of sp³-hybridized carbons (Fsp3) is 0.857. The molecule has 0 amide bonds. The summed E-state index contributed by atoms with van der Waals surface area (Å²) in [7, 11) is 0. The van der Waals surface area contributed by atoms with Crippen LogP contribution in [0.4, 0.5) is 0 Å². The number of unbranched alkanes of at least 4 members (excludes halogenated alkanes) is 28. The molecule has 1 unspecified atom stereocenters. The highest BCUT2D eigenvalue weighted by Crippen LogP contribution is 2.14. The lowest BCUT2D eigenvalue weighted by atomic mass is 10.1. The number of carbonyl (C=O) groups is 3. The van der Waals surface area contributed by atoms with Crippen molar-refractivity contribution in [2.45, 2.75) is 258 Å². The van der Waals surface area contributed by atoms with E-state index in [0.717, 1.165) is 83.5 Å². The van der Waals surface area contributed by atoms with E-state index in [1.807, 2.05) is 0 Å². The number of carbonyl (C=O) groups excluding carboxylic acids is 3. The van der Waals surface area contributed by atoms with Gasteiger partial charge in [0.1, 0.15) is 13.2 Å². The van der Waals surface area contributed by atoms with Crippen LogP contribution in [0, 0.1) is 0 Å². The van der Waals surface area contributed by atoms with Gasteiger partial charge in [-0.05, 0) is 64.2 Å². The van der Waals surface area contributed by atoms with Gasteiger partial charge in [-0.15, -0.1) is 0 Å². The minimum Gasteiger partial charge on any atom is -0.462 e. The molecule has 0 aromatic carbocycles. The molecule has 0 saturated heterocycles. The number of allylic oxidation sites excluding steroid dienone is 4. The highest BCUT2D eigenvalue weighted by molar-refractivity contribution is 5.71. The number of rotatable bonds is 43. The maximum absolute atomic E-state index is 12.7. The lowest BCUT2D eigenvalue weighted by molar-refractivity contribution is -0.167. The molecule has 6 heteroatoms. The smallest absolute Gasteiger partial charge is 0.306 e. The highest BCUT2D eigenvalue weighted by Gasteiger charge is 2.19. The fourth-order valence-electron chi connectivity index (χ4n) is 6.77. The molecule has 0 bridgehead atoms. The van der Waals surface area contributed by atoms with Crippen LogP contribution in [-0.4, -0.2) is 37.2 Å². The summed E-state index contributed by atoms with van der Waals surface area (Å²) in [5.74, 6) is -0.896. The van der Waals surface area contributed by atoms with Crippen molar-refractivity contribution >= 4 is 17.9 Å². The molecule has 0 N–H and O–H groups in total. The number of hydrogen-bond donors (Lipinski definition) is 0. The summed E-state index contributed by atoms with van der Waals surface area (Å²) in [6.07, 6.45) is 48.8. The Hall–Kier alpha value is -2.11. The quantitative estimate of drug-likeness (QED) is 0.0266. The van der Waals surface area contributed by atoms with Crippen LogP contribution in [0.25, 0.3) is 0 Å². The van der Waals surface area contributed by atoms with Gasteiger partial charge in [-0.3, -0.25) is 14.4 Å². The van der Waals surface area contributed by atoms with Crippen LogP contribution in [0.15, 0.2) is 24.3 Å². The van der Waals surface area contributed by atoms with Crippen LogP contribution in [0.5, 0.6) is 0 Å². The third kappa shape index (κ3) is 42.9. The molecule has 0 aromatic heterocycles. The molecule has 55 heavy (non-hydrogen) atoms. The lowest BCUT2D eigenvalue weighted by Gasteiger charge is -2.18. The van der Waals surface area contributed by atoms with Gasteiger partial charge in [0.25, 0.3) is 0 Å². The first-order valence-corrected chi connectivity index (χ1v) is 23.8. The van der Waals surface area contributed by atoms with E-state index < -0.39 is 6.10 Å². The molecule has 0 rings (SSSR count). The topological polar surface area (TPSA) is 78.9 Å². The summed E-state index contributed by atoms with van der Waals surface area (Å²) in [6.45, 7) is 6.56. The lowest BCUT2D eigenvalue weighted by Crippen LogP contribution is -2.30. The first-order valence-electron chi connectivity index (χ1n) is 23.8. The van der Waals surface area contributed by atoms with Crippen molar-refractivity contribution in [1.82, 2.24) is 0 Å². The minimum atomic E-state index is -0.773. The van der Waals surface area contributed by atoms with Gasteiger partial charge < -0.3 is 14.2 Å². The zero-order chi connectivity index (χ0) is 40.1. The maximum atomic E-state index is 12.7. The van der Waals surface area contributed by atoms with Crippen molar-refractivity contribution in [3.63, 3.8) is 0 Å². The zero-order valence-corrected chi connectivity index (χ0v) is 36.7. The van der Waals surface area contributed by atoms with E-state index in [0.29, 0.717) is 19.3 Å². The Bertz CT molecular complexity index is 896. The van der Waals surface area contributed by atoms with Crippen LogP contribution < -0.4 is 0 Å². The largest absolute Gasteiger partial charge is 0.462 e. The van der Waals surface area contributed by atoms with Crippen LogP contribution >= 0.6 is 0 Å².